The van der Waals surface area contributed by atoms with Crippen molar-refractivity contribution in [3.63, 3.8) is 0 Å². The lowest BCUT2D eigenvalue weighted by Crippen LogP contribution is -2.38. The molecule has 8 heteroatoms. The van der Waals surface area contributed by atoms with Crippen LogP contribution < -0.4 is 11.1 Å². The fourth-order valence-corrected chi connectivity index (χ4v) is 4.46. The number of nitrogens with one attached hydrogen (secondary N) is 1. The number of methoxy groups -OCH3 is 1. The van der Waals surface area contributed by atoms with Crippen LogP contribution in [0.3, 0.4) is 0 Å². The van der Waals surface area contributed by atoms with Crippen molar-refractivity contribution in [1.82, 2.24) is 10.3 Å². The number of nitrogens with zero attached hydrogens (tertiary/aromatic N) is 2. The topological polar surface area (TPSA) is 104 Å². The van der Waals surface area contributed by atoms with E-state index in [1.807, 2.05) is 37.3 Å². The Morgan fingerprint density at radius 1 is 1.14 bits per heavy atom. The number of hydrogen-bond donors (Lipinski definition) is 2. The van der Waals surface area contributed by atoms with E-state index >= 15 is 0 Å². The second kappa shape index (κ2) is 12.9. The number of para-hydroxylation sites is 1. The Bertz CT molecular complexity index is 1240. The average Bonchev–Trinajstić information content (AvgIpc) is 2.90. The van der Waals surface area contributed by atoms with E-state index in [1.165, 1.54) is 7.11 Å². The number of hydrazone groups is 1. The monoisotopic (exact) mass is 493 g/mol. The number of benzene rings is 2. The Morgan fingerprint density at radius 3 is 2.50 bits per heavy atom. The molecule has 0 saturated heterocycles. The van der Waals surface area contributed by atoms with Crippen molar-refractivity contribution in [3.8, 4) is 5.75 Å². The molecule has 0 unspecified atom stereocenters. The number of unbranched alkanes of at least 4 members (excludes halogenated alkanes) is 1. The number of ether oxygens (including phenoxy) is 1. The summed E-state index contributed by atoms with van der Waals surface area (Å²) in [6.45, 7) is 8.27. The zero-order valence-electron chi connectivity index (χ0n) is 21.4. The number of hydrogen-bond acceptors (Lipinski definition) is 7. The highest BCUT2D eigenvalue weighted by Crippen LogP contribution is 2.39. The van der Waals surface area contributed by atoms with Gasteiger partial charge in [-0.3, -0.25) is 0 Å². The quantitative estimate of drug-likeness (QED) is 0.219. The van der Waals surface area contributed by atoms with Crippen LogP contribution in [-0.4, -0.2) is 48.6 Å². The molecule has 0 radical (unpaired) electrons. The summed E-state index contributed by atoms with van der Waals surface area (Å²) in [6, 6.07) is 16.5. The van der Waals surface area contributed by atoms with E-state index < -0.39 is 17.6 Å². The average molecular weight is 494 g/mol. The number of carbonyl (C=O) groups excluding carboxylic acids is 1. The van der Waals surface area contributed by atoms with Crippen molar-refractivity contribution in [2.24, 2.45) is 11.0 Å². The molecular weight excluding hydrogens is 458 g/mol. The molecule has 2 aromatic carbocycles. The smallest absolute Gasteiger partial charge is 0.427 e. The van der Waals surface area contributed by atoms with Crippen molar-refractivity contribution in [3.05, 3.63) is 76.1 Å². The molecule has 8 nitrogen and oxygen atoms in total. The summed E-state index contributed by atoms with van der Waals surface area (Å²) in [5, 5.41) is 16.2. The summed E-state index contributed by atoms with van der Waals surface area (Å²) >= 11 is 0. The van der Waals surface area contributed by atoms with Crippen LogP contribution in [0, 0.1) is 5.92 Å². The Kier molecular flexibility index (Phi) is 9.64. The van der Waals surface area contributed by atoms with Crippen LogP contribution in [-0.2, 0) is 4.74 Å². The lowest BCUT2D eigenvalue weighted by Gasteiger charge is -2.32. The van der Waals surface area contributed by atoms with Gasteiger partial charge in [-0.05, 0) is 44.1 Å². The molecule has 0 saturated carbocycles. The van der Waals surface area contributed by atoms with Crippen LogP contribution in [0.1, 0.15) is 50.7 Å². The summed E-state index contributed by atoms with van der Waals surface area (Å²) in [7, 11) is 1.27. The molecule has 2 atom stereocenters. The lowest BCUT2D eigenvalue weighted by atomic mass is 9.78. The molecule has 36 heavy (non-hydrogen) atoms. The van der Waals surface area contributed by atoms with Gasteiger partial charge in [0.05, 0.1) is 18.1 Å². The maximum absolute atomic E-state index is 13.4. The predicted molar refractivity (Wildman–Crippen MR) is 142 cm³/mol. The van der Waals surface area contributed by atoms with E-state index in [0.29, 0.717) is 23.2 Å². The second-order valence-electron chi connectivity index (χ2n) is 8.75. The van der Waals surface area contributed by atoms with Crippen molar-refractivity contribution in [2.75, 3.05) is 26.7 Å². The van der Waals surface area contributed by atoms with E-state index in [2.05, 4.69) is 34.0 Å². The van der Waals surface area contributed by atoms with Gasteiger partial charge in [-0.1, -0.05) is 62.7 Å². The van der Waals surface area contributed by atoms with Gasteiger partial charge in [-0.25, -0.2) is 15.0 Å². The number of aromatic hydroxyl groups is 1. The molecule has 0 aliphatic carbocycles. The van der Waals surface area contributed by atoms with Crippen LogP contribution in [0.15, 0.2) is 68.9 Å². The van der Waals surface area contributed by atoms with Gasteiger partial charge >= 0.3 is 11.7 Å². The van der Waals surface area contributed by atoms with Crippen molar-refractivity contribution in [1.29, 1.82) is 0 Å². The van der Waals surface area contributed by atoms with Crippen molar-refractivity contribution >= 4 is 22.8 Å². The van der Waals surface area contributed by atoms with Gasteiger partial charge in [0, 0.05) is 24.1 Å². The van der Waals surface area contributed by atoms with Gasteiger partial charge in [0.25, 0.3) is 0 Å². The molecule has 0 bridgehead atoms. The van der Waals surface area contributed by atoms with Crippen LogP contribution in [0.25, 0.3) is 11.0 Å². The minimum atomic E-state index is -0.684. The molecule has 1 aromatic heterocycles. The molecule has 1 heterocycles. The first-order valence-electron chi connectivity index (χ1n) is 12.3. The number of amides is 1. The van der Waals surface area contributed by atoms with E-state index in [1.54, 1.807) is 24.3 Å². The molecule has 192 valence electrons. The van der Waals surface area contributed by atoms with Crippen LogP contribution in [0.4, 0.5) is 4.79 Å². The molecule has 0 spiro atoms. The minimum absolute atomic E-state index is 0.106. The molecule has 1 amide bonds. The first kappa shape index (κ1) is 26.9. The number of rotatable bonds is 11. The Labute approximate surface area is 211 Å². The van der Waals surface area contributed by atoms with Crippen molar-refractivity contribution in [2.45, 2.75) is 39.5 Å². The minimum Gasteiger partial charge on any atom is -0.507 e. The summed E-state index contributed by atoms with van der Waals surface area (Å²) in [4.78, 5) is 27.4. The van der Waals surface area contributed by atoms with Gasteiger partial charge in [0.15, 0.2) is 0 Å². The molecule has 2 N–H and O–H groups in total. The normalized spacial score (nSPS) is 13.5. The fraction of sp³-hybridized carbons (Fsp3) is 0.393. The highest BCUT2D eigenvalue weighted by atomic mass is 16.5. The second-order valence-corrected chi connectivity index (χ2v) is 8.75. The maximum atomic E-state index is 13.4. The number of carbonyl (C=O) groups is 1. The lowest BCUT2D eigenvalue weighted by molar-refractivity contribution is 0.171. The predicted octanol–water partition coefficient (Wildman–Crippen LogP) is 5.10. The number of fused-ring (bicyclic) bond motifs is 1. The molecular formula is C28H35N3O5. The Morgan fingerprint density at radius 2 is 1.83 bits per heavy atom. The van der Waals surface area contributed by atoms with E-state index in [0.717, 1.165) is 31.5 Å². The van der Waals surface area contributed by atoms with Gasteiger partial charge < -0.3 is 19.2 Å². The molecule has 0 fully saturated rings. The van der Waals surface area contributed by atoms with Crippen LogP contribution >= 0.6 is 0 Å². The van der Waals surface area contributed by atoms with Gasteiger partial charge in [-0.15, -0.1) is 0 Å². The third kappa shape index (κ3) is 6.31. The fourth-order valence-electron chi connectivity index (χ4n) is 4.46. The summed E-state index contributed by atoms with van der Waals surface area (Å²) < 4.78 is 10.3. The Hall–Kier alpha value is -3.65. The van der Waals surface area contributed by atoms with E-state index in [-0.39, 0.29) is 17.2 Å². The highest BCUT2D eigenvalue weighted by molar-refractivity contribution is 5.88. The zero-order valence-corrected chi connectivity index (χ0v) is 21.4. The van der Waals surface area contributed by atoms with Crippen LogP contribution in [0.2, 0.25) is 0 Å². The van der Waals surface area contributed by atoms with Gasteiger partial charge in [0.1, 0.15) is 11.3 Å². The summed E-state index contributed by atoms with van der Waals surface area (Å²) in [6.07, 6.45) is 1.39. The molecule has 3 rings (SSSR count). The largest absolute Gasteiger partial charge is 0.507 e. The first-order valence-corrected chi connectivity index (χ1v) is 12.3. The van der Waals surface area contributed by atoms with Crippen molar-refractivity contribution < 1.29 is 19.1 Å². The summed E-state index contributed by atoms with van der Waals surface area (Å²) in [5.41, 5.74) is 3.73. The Balaban J connectivity index is 2.23. The first-order chi connectivity index (χ1) is 17.4. The van der Waals surface area contributed by atoms with Gasteiger partial charge in [0.2, 0.25) is 0 Å². The van der Waals surface area contributed by atoms with E-state index in [4.69, 9.17) is 4.42 Å². The SMILES string of the molecule is CCCCN(CC)C[C@@H](/C(C)=N\NC(=O)OC)[C@@H](c1ccccc1)c1c(O)c2ccccc2oc1=O. The summed E-state index contributed by atoms with van der Waals surface area (Å²) in [5.74, 6) is -1.05. The molecule has 0 aliphatic heterocycles. The zero-order chi connectivity index (χ0) is 26.1. The maximum Gasteiger partial charge on any atom is 0.427 e. The third-order valence-electron chi connectivity index (χ3n) is 6.47. The third-order valence-corrected chi connectivity index (χ3v) is 6.47. The van der Waals surface area contributed by atoms with E-state index in [9.17, 15) is 14.7 Å². The standard InChI is InChI=1S/C28H35N3O5/c1-5-7-17-31(6-2)18-22(19(3)29-30-28(34)35-4)24(20-13-9-8-10-14-20)25-26(32)21-15-11-12-16-23(21)36-27(25)33/h8-16,22,24,32H,5-7,17-18H2,1-4H3,(H,30,34)/b29-19-/t22-,24+/m0/s1. The van der Waals surface area contributed by atoms with Gasteiger partial charge in [-0.2, -0.15) is 5.10 Å². The van der Waals surface area contributed by atoms with Crippen LogP contribution in [0.5, 0.6) is 5.75 Å². The molecule has 3 aromatic rings. The highest BCUT2D eigenvalue weighted by Gasteiger charge is 2.34. The molecule has 0 aliphatic rings.